The van der Waals surface area contributed by atoms with E-state index in [4.69, 9.17) is 16.0 Å². The van der Waals surface area contributed by atoms with Crippen molar-refractivity contribution in [1.82, 2.24) is 0 Å². The van der Waals surface area contributed by atoms with Gasteiger partial charge in [-0.1, -0.05) is 41.4 Å². The second kappa shape index (κ2) is 7.17. The van der Waals surface area contributed by atoms with E-state index < -0.39 is 23.7 Å². The molecule has 1 amide bonds. The van der Waals surface area contributed by atoms with Gasteiger partial charge in [0, 0.05) is 10.6 Å². The highest BCUT2D eigenvalue weighted by Crippen LogP contribution is 2.44. The van der Waals surface area contributed by atoms with E-state index in [-0.39, 0.29) is 12.3 Å². The molecule has 3 aromatic rings. The predicted molar refractivity (Wildman–Crippen MR) is 110 cm³/mol. The molecule has 5 nitrogen and oxygen atoms in total. The number of anilines is 1. The number of ketones is 1. The number of carbonyl (C=O) groups excluding carboxylic acids is 2. The third kappa shape index (κ3) is 3.48. The Labute approximate surface area is 173 Å². The number of aliphatic hydroxyl groups is 1. The molecule has 1 aliphatic rings. The SMILES string of the molecule is Cc1ccc(CN2C(=O)[C@](O)(CC(=O)c3ccc(C)o3)c3cc(Cl)ccc32)cc1. The molecule has 29 heavy (non-hydrogen) atoms. The number of furan rings is 1. The van der Waals surface area contributed by atoms with Crippen LogP contribution in [0.2, 0.25) is 5.02 Å². The van der Waals surface area contributed by atoms with Crippen LogP contribution >= 0.6 is 11.6 Å². The Bertz CT molecular complexity index is 1100. The second-order valence-electron chi connectivity index (χ2n) is 7.41. The van der Waals surface area contributed by atoms with Crippen LogP contribution in [-0.2, 0) is 16.9 Å². The Morgan fingerprint density at radius 2 is 1.83 bits per heavy atom. The summed E-state index contributed by atoms with van der Waals surface area (Å²) in [5.41, 5.74) is 0.916. The van der Waals surface area contributed by atoms with Crippen LogP contribution in [0.15, 0.2) is 59.0 Å². The summed E-state index contributed by atoms with van der Waals surface area (Å²) in [6.07, 6.45) is -0.420. The van der Waals surface area contributed by atoms with E-state index in [2.05, 4.69) is 0 Å². The Morgan fingerprint density at radius 1 is 1.10 bits per heavy atom. The molecule has 1 aromatic heterocycles. The molecule has 2 aromatic carbocycles. The van der Waals surface area contributed by atoms with Crippen molar-refractivity contribution in [2.45, 2.75) is 32.4 Å². The Kier molecular flexibility index (Phi) is 4.81. The zero-order valence-electron chi connectivity index (χ0n) is 16.1. The summed E-state index contributed by atoms with van der Waals surface area (Å²) in [7, 11) is 0. The molecule has 0 saturated heterocycles. The maximum atomic E-state index is 13.3. The van der Waals surface area contributed by atoms with Crippen LogP contribution in [0.4, 0.5) is 5.69 Å². The van der Waals surface area contributed by atoms with Gasteiger partial charge < -0.3 is 14.4 Å². The number of hydrogen-bond acceptors (Lipinski definition) is 4. The lowest BCUT2D eigenvalue weighted by molar-refractivity contribution is -0.136. The Hall–Kier alpha value is -2.89. The number of hydrogen-bond donors (Lipinski definition) is 1. The third-order valence-electron chi connectivity index (χ3n) is 5.19. The van der Waals surface area contributed by atoms with E-state index in [1.807, 2.05) is 31.2 Å². The van der Waals surface area contributed by atoms with Crippen LogP contribution in [0, 0.1) is 13.8 Å². The number of amides is 1. The fourth-order valence-corrected chi connectivity index (χ4v) is 3.80. The predicted octanol–water partition coefficient (Wildman–Crippen LogP) is 4.56. The standard InChI is InChI=1S/C23H20ClNO4/c1-14-3-6-16(7-4-14)13-25-19-9-8-17(24)11-18(19)23(28,22(25)27)12-20(26)21-10-5-15(2)29-21/h3-11,28H,12-13H2,1-2H3/t23-/m0/s1. The molecule has 0 fully saturated rings. The fraction of sp³-hybridized carbons (Fsp3) is 0.217. The van der Waals surface area contributed by atoms with Crippen molar-refractivity contribution in [3.05, 3.63) is 87.8 Å². The topological polar surface area (TPSA) is 70.8 Å². The van der Waals surface area contributed by atoms with Gasteiger partial charge in [-0.05, 0) is 49.7 Å². The summed E-state index contributed by atoms with van der Waals surface area (Å²) >= 11 is 6.14. The van der Waals surface area contributed by atoms with Crippen molar-refractivity contribution < 1.29 is 19.1 Å². The lowest BCUT2D eigenvalue weighted by Crippen LogP contribution is -2.41. The molecule has 148 valence electrons. The molecule has 0 spiro atoms. The summed E-state index contributed by atoms with van der Waals surface area (Å²) in [5.74, 6) is -0.296. The smallest absolute Gasteiger partial charge is 0.264 e. The van der Waals surface area contributed by atoms with E-state index >= 15 is 0 Å². The zero-order chi connectivity index (χ0) is 20.8. The fourth-order valence-electron chi connectivity index (χ4n) is 3.63. The summed E-state index contributed by atoms with van der Waals surface area (Å²) in [6, 6.07) is 15.9. The summed E-state index contributed by atoms with van der Waals surface area (Å²) in [6.45, 7) is 4.00. The molecule has 0 radical (unpaired) electrons. The normalized spacial score (nSPS) is 18.2. The number of benzene rings is 2. The van der Waals surface area contributed by atoms with Crippen molar-refractivity contribution >= 4 is 29.0 Å². The summed E-state index contributed by atoms with van der Waals surface area (Å²) in [4.78, 5) is 27.5. The molecule has 4 rings (SSSR count). The molecule has 0 aliphatic carbocycles. The molecule has 6 heteroatoms. The third-order valence-corrected chi connectivity index (χ3v) is 5.42. The number of halogens is 1. The largest absolute Gasteiger partial charge is 0.458 e. The van der Waals surface area contributed by atoms with E-state index in [9.17, 15) is 14.7 Å². The first-order valence-corrected chi connectivity index (χ1v) is 9.65. The molecule has 1 atom stereocenters. The van der Waals surface area contributed by atoms with Gasteiger partial charge >= 0.3 is 0 Å². The Balaban J connectivity index is 1.71. The number of rotatable bonds is 5. The van der Waals surface area contributed by atoms with Gasteiger partial charge in [0.2, 0.25) is 5.78 Å². The van der Waals surface area contributed by atoms with E-state index in [0.717, 1.165) is 11.1 Å². The molecule has 2 heterocycles. The highest BCUT2D eigenvalue weighted by Gasteiger charge is 2.51. The van der Waals surface area contributed by atoms with E-state index in [0.29, 0.717) is 22.0 Å². The van der Waals surface area contributed by atoms with Crippen LogP contribution in [0.5, 0.6) is 0 Å². The van der Waals surface area contributed by atoms with Crippen molar-refractivity contribution in [3.63, 3.8) is 0 Å². The number of fused-ring (bicyclic) bond motifs is 1. The van der Waals surface area contributed by atoms with Crippen LogP contribution in [0.3, 0.4) is 0 Å². The first-order chi connectivity index (χ1) is 13.8. The average Bonchev–Trinajstić information content (AvgIpc) is 3.20. The van der Waals surface area contributed by atoms with Gasteiger partial charge in [0.1, 0.15) is 5.76 Å². The van der Waals surface area contributed by atoms with Crippen molar-refractivity contribution in [2.24, 2.45) is 0 Å². The Morgan fingerprint density at radius 3 is 2.48 bits per heavy atom. The maximum absolute atomic E-state index is 13.3. The molecule has 0 saturated carbocycles. The molecule has 0 bridgehead atoms. The zero-order valence-corrected chi connectivity index (χ0v) is 16.9. The van der Waals surface area contributed by atoms with Gasteiger partial charge in [0.15, 0.2) is 11.4 Å². The van der Waals surface area contributed by atoms with Crippen molar-refractivity contribution in [3.8, 4) is 0 Å². The first-order valence-electron chi connectivity index (χ1n) is 9.27. The molecule has 1 N–H and O–H groups in total. The van der Waals surface area contributed by atoms with Gasteiger partial charge in [0.05, 0.1) is 18.7 Å². The summed E-state index contributed by atoms with van der Waals surface area (Å²) in [5, 5.41) is 11.7. The van der Waals surface area contributed by atoms with E-state index in [1.54, 1.807) is 37.3 Å². The summed E-state index contributed by atoms with van der Waals surface area (Å²) < 4.78 is 5.37. The number of Topliss-reactive ketones (excluding diaryl/α,β-unsaturated/α-hetero) is 1. The lowest BCUT2D eigenvalue weighted by Gasteiger charge is -2.22. The number of aryl methyl sites for hydroxylation is 2. The van der Waals surface area contributed by atoms with Crippen LogP contribution < -0.4 is 4.90 Å². The molecular weight excluding hydrogens is 390 g/mol. The van der Waals surface area contributed by atoms with Gasteiger partial charge in [-0.25, -0.2) is 0 Å². The number of carbonyl (C=O) groups is 2. The van der Waals surface area contributed by atoms with Gasteiger partial charge in [-0.15, -0.1) is 0 Å². The quantitative estimate of drug-likeness (QED) is 0.627. The first kappa shape index (κ1) is 19.4. The van der Waals surface area contributed by atoms with E-state index in [1.165, 1.54) is 4.90 Å². The molecular formula is C23H20ClNO4. The minimum atomic E-state index is -2.00. The highest BCUT2D eigenvalue weighted by atomic mass is 35.5. The van der Waals surface area contributed by atoms with Gasteiger partial charge in [-0.2, -0.15) is 0 Å². The lowest BCUT2D eigenvalue weighted by atomic mass is 9.89. The van der Waals surface area contributed by atoms with Crippen LogP contribution in [-0.4, -0.2) is 16.8 Å². The van der Waals surface area contributed by atoms with Gasteiger partial charge in [-0.3, -0.25) is 9.59 Å². The van der Waals surface area contributed by atoms with Crippen LogP contribution in [0.25, 0.3) is 0 Å². The van der Waals surface area contributed by atoms with Crippen LogP contribution in [0.1, 0.15) is 39.4 Å². The number of nitrogens with zero attached hydrogens (tertiary/aromatic N) is 1. The maximum Gasteiger partial charge on any atom is 0.264 e. The second-order valence-corrected chi connectivity index (χ2v) is 7.85. The average molecular weight is 410 g/mol. The highest BCUT2D eigenvalue weighted by molar-refractivity contribution is 6.31. The van der Waals surface area contributed by atoms with Crippen molar-refractivity contribution in [2.75, 3.05) is 4.90 Å². The minimum absolute atomic E-state index is 0.115. The monoisotopic (exact) mass is 409 g/mol. The van der Waals surface area contributed by atoms with Gasteiger partial charge in [0.25, 0.3) is 5.91 Å². The molecule has 0 unspecified atom stereocenters. The molecule has 1 aliphatic heterocycles. The van der Waals surface area contributed by atoms with Crippen molar-refractivity contribution in [1.29, 1.82) is 0 Å². The minimum Gasteiger partial charge on any atom is -0.458 e.